The van der Waals surface area contributed by atoms with Gasteiger partial charge >= 0.3 is 0 Å². The SMILES string of the molecule is CCN(CC1CCNCC1)S(=O)(=O)c1ccc(C)cc1Cl. The van der Waals surface area contributed by atoms with E-state index in [1.807, 2.05) is 13.8 Å². The van der Waals surface area contributed by atoms with E-state index in [4.69, 9.17) is 11.6 Å². The van der Waals surface area contributed by atoms with Crippen molar-refractivity contribution in [2.75, 3.05) is 26.2 Å². The molecule has 0 spiro atoms. The van der Waals surface area contributed by atoms with Crippen molar-refractivity contribution < 1.29 is 8.42 Å². The Morgan fingerprint density at radius 2 is 2.00 bits per heavy atom. The molecule has 2 rings (SSSR count). The van der Waals surface area contributed by atoms with E-state index in [1.165, 1.54) is 0 Å². The number of halogens is 1. The standard InChI is InChI=1S/C15H23ClN2O2S/c1-3-18(11-13-6-8-17-9-7-13)21(19,20)15-5-4-12(2)10-14(15)16/h4-5,10,13,17H,3,6-9,11H2,1-2H3. The molecule has 1 aromatic rings. The lowest BCUT2D eigenvalue weighted by molar-refractivity contribution is 0.294. The second-order valence-corrected chi connectivity index (χ2v) is 7.90. The molecule has 0 atom stereocenters. The summed E-state index contributed by atoms with van der Waals surface area (Å²) in [7, 11) is -3.52. The zero-order valence-corrected chi connectivity index (χ0v) is 14.2. The van der Waals surface area contributed by atoms with Crippen molar-refractivity contribution in [3.05, 3.63) is 28.8 Å². The van der Waals surface area contributed by atoms with Gasteiger partial charge in [0, 0.05) is 13.1 Å². The van der Waals surface area contributed by atoms with Crippen molar-refractivity contribution in [1.29, 1.82) is 0 Å². The van der Waals surface area contributed by atoms with E-state index in [0.29, 0.717) is 24.0 Å². The van der Waals surface area contributed by atoms with Crippen LogP contribution >= 0.6 is 11.6 Å². The van der Waals surface area contributed by atoms with E-state index in [2.05, 4.69) is 5.32 Å². The Bertz CT molecular complexity index is 583. The van der Waals surface area contributed by atoms with E-state index >= 15 is 0 Å². The molecule has 0 aliphatic carbocycles. The molecule has 4 nitrogen and oxygen atoms in total. The number of benzene rings is 1. The Balaban J connectivity index is 2.22. The topological polar surface area (TPSA) is 49.4 Å². The normalized spacial score (nSPS) is 17.3. The third-order valence-electron chi connectivity index (χ3n) is 3.98. The zero-order chi connectivity index (χ0) is 15.5. The molecule has 1 saturated heterocycles. The van der Waals surface area contributed by atoms with E-state index in [-0.39, 0.29) is 4.90 Å². The molecule has 0 amide bonds. The van der Waals surface area contributed by atoms with Gasteiger partial charge in [-0.2, -0.15) is 4.31 Å². The van der Waals surface area contributed by atoms with Gasteiger partial charge in [-0.3, -0.25) is 0 Å². The van der Waals surface area contributed by atoms with Gasteiger partial charge in [-0.15, -0.1) is 0 Å². The first-order valence-electron chi connectivity index (χ1n) is 7.42. The number of nitrogens with one attached hydrogen (secondary N) is 1. The molecule has 1 aliphatic rings. The number of aryl methyl sites for hydroxylation is 1. The molecule has 0 unspecified atom stereocenters. The van der Waals surface area contributed by atoms with Gasteiger partial charge in [0.05, 0.1) is 5.02 Å². The van der Waals surface area contributed by atoms with Crippen LogP contribution in [0.4, 0.5) is 0 Å². The lowest BCUT2D eigenvalue weighted by Crippen LogP contribution is -2.39. The highest BCUT2D eigenvalue weighted by molar-refractivity contribution is 7.89. The molecule has 0 radical (unpaired) electrons. The lowest BCUT2D eigenvalue weighted by Gasteiger charge is -2.29. The summed E-state index contributed by atoms with van der Waals surface area (Å²) in [5.74, 6) is 0.421. The highest BCUT2D eigenvalue weighted by atomic mass is 35.5. The van der Waals surface area contributed by atoms with E-state index in [0.717, 1.165) is 31.5 Å². The smallest absolute Gasteiger partial charge is 0.244 e. The monoisotopic (exact) mass is 330 g/mol. The minimum atomic E-state index is -3.52. The van der Waals surface area contributed by atoms with Crippen LogP contribution in [-0.4, -0.2) is 38.9 Å². The van der Waals surface area contributed by atoms with Gasteiger partial charge in [-0.1, -0.05) is 24.6 Å². The molecular formula is C15H23ClN2O2S. The van der Waals surface area contributed by atoms with E-state index < -0.39 is 10.0 Å². The van der Waals surface area contributed by atoms with Crippen LogP contribution in [0.1, 0.15) is 25.3 Å². The molecule has 0 aromatic heterocycles. The van der Waals surface area contributed by atoms with Crippen LogP contribution in [0.3, 0.4) is 0 Å². The van der Waals surface area contributed by atoms with Crippen LogP contribution in [-0.2, 0) is 10.0 Å². The lowest BCUT2D eigenvalue weighted by atomic mass is 9.98. The minimum absolute atomic E-state index is 0.213. The van der Waals surface area contributed by atoms with Gasteiger partial charge in [-0.05, 0) is 56.5 Å². The predicted octanol–water partition coefficient (Wildman–Crippen LogP) is 2.66. The Labute approximate surface area is 132 Å². The quantitative estimate of drug-likeness (QED) is 0.903. The molecule has 1 N–H and O–H groups in total. The van der Waals surface area contributed by atoms with Crippen LogP contribution in [0.2, 0.25) is 5.02 Å². The summed E-state index contributed by atoms with van der Waals surface area (Å²) in [6, 6.07) is 5.10. The van der Waals surface area contributed by atoms with Gasteiger partial charge in [0.2, 0.25) is 10.0 Å². The summed E-state index contributed by atoms with van der Waals surface area (Å²) in [6.07, 6.45) is 2.04. The first kappa shape index (κ1) is 16.7. The van der Waals surface area contributed by atoms with Crippen molar-refractivity contribution in [3.8, 4) is 0 Å². The molecule has 1 fully saturated rings. The summed E-state index contributed by atoms with van der Waals surface area (Å²) in [5, 5.41) is 3.61. The third kappa shape index (κ3) is 3.97. The number of sulfonamides is 1. The summed E-state index contributed by atoms with van der Waals surface area (Å²) in [6.45, 7) is 6.75. The maximum Gasteiger partial charge on any atom is 0.244 e. The molecule has 21 heavy (non-hydrogen) atoms. The zero-order valence-electron chi connectivity index (χ0n) is 12.6. The van der Waals surface area contributed by atoms with Gasteiger partial charge in [0.1, 0.15) is 4.90 Å². The fraction of sp³-hybridized carbons (Fsp3) is 0.600. The van der Waals surface area contributed by atoms with Gasteiger partial charge in [0.25, 0.3) is 0 Å². The van der Waals surface area contributed by atoms with Crippen LogP contribution in [0.25, 0.3) is 0 Å². The fourth-order valence-corrected chi connectivity index (χ4v) is 4.80. The number of hydrogen-bond donors (Lipinski definition) is 1. The average Bonchev–Trinajstić information content (AvgIpc) is 2.45. The van der Waals surface area contributed by atoms with E-state index in [1.54, 1.807) is 22.5 Å². The second-order valence-electron chi connectivity index (χ2n) is 5.58. The van der Waals surface area contributed by atoms with Crippen molar-refractivity contribution in [3.63, 3.8) is 0 Å². The Morgan fingerprint density at radius 3 is 2.57 bits per heavy atom. The summed E-state index contributed by atoms with van der Waals surface area (Å²) in [4.78, 5) is 0.213. The molecular weight excluding hydrogens is 308 g/mol. The number of rotatable bonds is 5. The summed E-state index contributed by atoms with van der Waals surface area (Å²) in [5.41, 5.74) is 0.959. The fourth-order valence-electron chi connectivity index (χ4n) is 2.70. The Kier molecular flexibility index (Phi) is 5.66. The predicted molar refractivity (Wildman–Crippen MR) is 86.2 cm³/mol. The third-order valence-corrected chi connectivity index (χ3v) is 6.40. The van der Waals surface area contributed by atoms with Gasteiger partial charge < -0.3 is 5.32 Å². The van der Waals surface area contributed by atoms with Crippen LogP contribution < -0.4 is 5.32 Å². The molecule has 1 heterocycles. The van der Waals surface area contributed by atoms with Crippen LogP contribution in [0.5, 0.6) is 0 Å². The minimum Gasteiger partial charge on any atom is -0.317 e. The van der Waals surface area contributed by atoms with Crippen LogP contribution in [0, 0.1) is 12.8 Å². The first-order chi connectivity index (χ1) is 9.95. The number of piperidine rings is 1. The van der Waals surface area contributed by atoms with E-state index in [9.17, 15) is 8.42 Å². The molecule has 118 valence electrons. The Morgan fingerprint density at radius 1 is 1.33 bits per heavy atom. The summed E-state index contributed by atoms with van der Waals surface area (Å²) >= 11 is 6.14. The molecule has 0 saturated carbocycles. The molecule has 6 heteroatoms. The maximum atomic E-state index is 12.8. The highest BCUT2D eigenvalue weighted by Gasteiger charge is 2.28. The van der Waals surface area contributed by atoms with Gasteiger partial charge in [-0.25, -0.2) is 8.42 Å². The number of hydrogen-bond acceptors (Lipinski definition) is 3. The van der Waals surface area contributed by atoms with Crippen molar-refractivity contribution >= 4 is 21.6 Å². The molecule has 1 aliphatic heterocycles. The van der Waals surface area contributed by atoms with Gasteiger partial charge in [0.15, 0.2) is 0 Å². The molecule has 0 bridgehead atoms. The van der Waals surface area contributed by atoms with Crippen molar-refractivity contribution in [2.24, 2.45) is 5.92 Å². The highest BCUT2D eigenvalue weighted by Crippen LogP contribution is 2.27. The maximum absolute atomic E-state index is 12.8. The second kappa shape index (κ2) is 7.09. The summed E-state index contributed by atoms with van der Waals surface area (Å²) < 4.78 is 27.1. The van der Waals surface area contributed by atoms with Crippen molar-refractivity contribution in [2.45, 2.75) is 31.6 Å². The number of nitrogens with zero attached hydrogens (tertiary/aromatic N) is 1. The largest absolute Gasteiger partial charge is 0.317 e. The van der Waals surface area contributed by atoms with Crippen molar-refractivity contribution in [1.82, 2.24) is 9.62 Å². The first-order valence-corrected chi connectivity index (χ1v) is 9.24. The Hall–Kier alpha value is -0.620. The molecule has 1 aromatic carbocycles. The average molecular weight is 331 g/mol. The van der Waals surface area contributed by atoms with Crippen LogP contribution in [0.15, 0.2) is 23.1 Å².